The van der Waals surface area contributed by atoms with Crippen LogP contribution in [-0.2, 0) is 4.74 Å². The Morgan fingerprint density at radius 1 is 1.12 bits per heavy atom. The largest absolute Gasteiger partial charge is 0.388 e. The average molecular weight is 241 g/mol. The molecule has 3 heteroatoms. The van der Waals surface area contributed by atoms with E-state index in [1.165, 1.54) is 25.7 Å². The molecule has 0 bridgehead atoms. The van der Waals surface area contributed by atoms with Gasteiger partial charge in [-0.1, -0.05) is 25.7 Å². The van der Waals surface area contributed by atoms with E-state index in [0.717, 1.165) is 44.8 Å². The van der Waals surface area contributed by atoms with Gasteiger partial charge in [0.2, 0.25) is 0 Å². The molecule has 3 nitrogen and oxygen atoms in total. The highest BCUT2D eigenvalue weighted by atomic mass is 16.5. The Labute approximate surface area is 105 Å². The molecule has 0 aromatic heterocycles. The summed E-state index contributed by atoms with van der Waals surface area (Å²) in [6, 6.07) is 0. The predicted molar refractivity (Wildman–Crippen MR) is 68.7 cm³/mol. The molecule has 2 fully saturated rings. The molecule has 2 rings (SSSR count). The lowest BCUT2D eigenvalue weighted by molar-refractivity contribution is -0.00568. The van der Waals surface area contributed by atoms with Crippen LogP contribution in [-0.4, -0.2) is 30.5 Å². The van der Waals surface area contributed by atoms with Crippen molar-refractivity contribution in [2.24, 2.45) is 17.6 Å². The average Bonchev–Trinajstić information content (AvgIpc) is 2.63. The van der Waals surface area contributed by atoms with Gasteiger partial charge < -0.3 is 15.6 Å². The third kappa shape index (κ3) is 3.43. The second-order valence-corrected chi connectivity index (χ2v) is 5.88. The standard InChI is InChI=1S/C14H27NO2/c15-11-14(16)8-2-5-13(14)7-10-17-9-6-12-3-1-4-12/h12-13,16H,1-11,15H2. The first-order valence-electron chi connectivity index (χ1n) is 7.25. The maximum atomic E-state index is 10.3. The molecule has 0 saturated heterocycles. The van der Waals surface area contributed by atoms with Crippen LogP contribution < -0.4 is 5.73 Å². The molecule has 100 valence electrons. The van der Waals surface area contributed by atoms with Gasteiger partial charge in [-0.2, -0.15) is 0 Å². The molecule has 0 aromatic rings. The quantitative estimate of drug-likeness (QED) is 0.671. The lowest BCUT2D eigenvalue weighted by atomic mass is 9.83. The monoisotopic (exact) mass is 241 g/mol. The molecule has 17 heavy (non-hydrogen) atoms. The Morgan fingerprint density at radius 3 is 2.53 bits per heavy atom. The van der Waals surface area contributed by atoms with Gasteiger partial charge in [-0.15, -0.1) is 0 Å². The third-order valence-electron chi connectivity index (χ3n) is 4.78. The van der Waals surface area contributed by atoms with Crippen LogP contribution in [0.4, 0.5) is 0 Å². The van der Waals surface area contributed by atoms with Gasteiger partial charge in [0.1, 0.15) is 0 Å². The summed E-state index contributed by atoms with van der Waals surface area (Å²) in [5, 5.41) is 10.3. The summed E-state index contributed by atoms with van der Waals surface area (Å²) in [6.45, 7) is 2.10. The van der Waals surface area contributed by atoms with E-state index in [1.807, 2.05) is 0 Å². The summed E-state index contributed by atoms with van der Waals surface area (Å²) >= 11 is 0. The molecule has 0 spiro atoms. The van der Waals surface area contributed by atoms with E-state index in [1.54, 1.807) is 0 Å². The summed E-state index contributed by atoms with van der Waals surface area (Å²) in [6.07, 6.45) is 9.51. The molecule has 0 amide bonds. The van der Waals surface area contributed by atoms with E-state index in [0.29, 0.717) is 12.5 Å². The highest BCUT2D eigenvalue weighted by Crippen LogP contribution is 2.37. The Kier molecular flexibility index (Phi) is 4.83. The normalized spacial score (nSPS) is 33.9. The van der Waals surface area contributed by atoms with Crippen LogP contribution in [0.15, 0.2) is 0 Å². The molecule has 2 unspecified atom stereocenters. The van der Waals surface area contributed by atoms with Gasteiger partial charge in [-0.05, 0) is 37.5 Å². The first kappa shape index (κ1) is 13.3. The maximum absolute atomic E-state index is 10.3. The zero-order valence-electron chi connectivity index (χ0n) is 10.9. The van der Waals surface area contributed by atoms with Crippen molar-refractivity contribution in [2.45, 2.75) is 57.0 Å². The Morgan fingerprint density at radius 2 is 1.88 bits per heavy atom. The molecule has 0 aromatic carbocycles. The van der Waals surface area contributed by atoms with Gasteiger partial charge in [0.25, 0.3) is 0 Å². The van der Waals surface area contributed by atoms with Crippen molar-refractivity contribution < 1.29 is 9.84 Å². The Balaban J connectivity index is 1.54. The van der Waals surface area contributed by atoms with E-state index >= 15 is 0 Å². The van der Waals surface area contributed by atoms with Crippen LogP contribution in [0.3, 0.4) is 0 Å². The number of ether oxygens (including phenoxy) is 1. The highest BCUT2D eigenvalue weighted by molar-refractivity contribution is 4.92. The first-order chi connectivity index (χ1) is 8.24. The minimum atomic E-state index is -0.600. The fourth-order valence-electron chi connectivity index (χ4n) is 3.17. The summed E-state index contributed by atoms with van der Waals surface area (Å²) in [5.41, 5.74) is 5.06. The van der Waals surface area contributed by atoms with Gasteiger partial charge in [-0.25, -0.2) is 0 Å². The molecular weight excluding hydrogens is 214 g/mol. The van der Waals surface area contributed by atoms with Crippen molar-refractivity contribution in [3.05, 3.63) is 0 Å². The van der Waals surface area contributed by atoms with Gasteiger partial charge in [0, 0.05) is 19.8 Å². The number of hydrogen-bond donors (Lipinski definition) is 2. The summed E-state index contributed by atoms with van der Waals surface area (Å²) in [7, 11) is 0. The third-order valence-corrected chi connectivity index (χ3v) is 4.78. The maximum Gasteiger partial charge on any atom is 0.0798 e. The molecule has 2 atom stereocenters. The topological polar surface area (TPSA) is 55.5 Å². The van der Waals surface area contributed by atoms with E-state index in [2.05, 4.69) is 0 Å². The molecule has 2 aliphatic carbocycles. The molecule has 2 saturated carbocycles. The number of nitrogens with two attached hydrogens (primary N) is 1. The van der Waals surface area contributed by atoms with Crippen molar-refractivity contribution in [1.29, 1.82) is 0 Å². The van der Waals surface area contributed by atoms with Gasteiger partial charge in [0.15, 0.2) is 0 Å². The molecule has 3 N–H and O–H groups in total. The SMILES string of the molecule is NCC1(O)CCCC1CCOCCC1CCC1. The smallest absolute Gasteiger partial charge is 0.0798 e. The van der Waals surface area contributed by atoms with Gasteiger partial charge >= 0.3 is 0 Å². The van der Waals surface area contributed by atoms with E-state index in [9.17, 15) is 5.11 Å². The summed E-state index contributed by atoms with van der Waals surface area (Å²) in [5.74, 6) is 1.29. The molecule has 0 heterocycles. The Bertz CT molecular complexity index is 230. The minimum Gasteiger partial charge on any atom is -0.388 e. The fraction of sp³-hybridized carbons (Fsp3) is 1.00. The first-order valence-corrected chi connectivity index (χ1v) is 7.25. The van der Waals surface area contributed by atoms with Crippen LogP contribution in [0, 0.1) is 11.8 Å². The minimum absolute atomic E-state index is 0.358. The van der Waals surface area contributed by atoms with E-state index in [-0.39, 0.29) is 0 Å². The zero-order chi connectivity index (χ0) is 12.1. The molecule has 0 aliphatic heterocycles. The Hall–Kier alpha value is -0.120. The van der Waals surface area contributed by atoms with Crippen molar-refractivity contribution in [3.8, 4) is 0 Å². The van der Waals surface area contributed by atoms with Crippen LogP contribution in [0.25, 0.3) is 0 Å². The second-order valence-electron chi connectivity index (χ2n) is 5.88. The predicted octanol–water partition coefficient (Wildman–Crippen LogP) is 2.07. The number of hydrogen-bond acceptors (Lipinski definition) is 3. The molecule has 0 radical (unpaired) electrons. The van der Waals surface area contributed by atoms with E-state index in [4.69, 9.17) is 10.5 Å². The van der Waals surface area contributed by atoms with Gasteiger partial charge in [-0.3, -0.25) is 0 Å². The van der Waals surface area contributed by atoms with Gasteiger partial charge in [0.05, 0.1) is 5.60 Å². The van der Waals surface area contributed by atoms with Crippen LogP contribution in [0.1, 0.15) is 51.4 Å². The number of aliphatic hydroxyl groups is 1. The number of rotatable bonds is 7. The lowest BCUT2D eigenvalue weighted by Gasteiger charge is -2.29. The van der Waals surface area contributed by atoms with Crippen LogP contribution in [0.5, 0.6) is 0 Å². The molecule has 2 aliphatic rings. The van der Waals surface area contributed by atoms with E-state index < -0.39 is 5.60 Å². The van der Waals surface area contributed by atoms with Crippen LogP contribution >= 0.6 is 0 Å². The summed E-state index contributed by atoms with van der Waals surface area (Å²) < 4.78 is 5.69. The second kappa shape index (κ2) is 6.17. The highest BCUT2D eigenvalue weighted by Gasteiger charge is 2.39. The lowest BCUT2D eigenvalue weighted by Crippen LogP contribution is -2.41. The van der Waals surface area contributed by atoms with Crippen molar-refractivity contribution in [2.75, 3.05) is 19.8 Å². The van der Waals surface area contributed by atoms with Crippen molar-refractivity contribution in [1.82, 2.24) is 0 Å². The van der Waals surface area contributed by atoms with Crippen LogP contribution in [0.2, 0.25) is 0 Å². The zero-order valence-corrected chi connectivity index (χ0v) is 10.9. The van der Waals surface area contributed by atoms with Crippen molar-refractivity contribution in [3.63, 3.8) is 0 Å². The van der Waals surface area contributed by atoms with Crippen molar-refractivity contribution >= 4 is 0 Å². The summed E-state index contributed by atoms with van der Waals surface area (Å²) in [4.78, 5) is 0. The molecular formula is C14H27NO2. The fourth-order valence-corrected chi connectivity index (χ4v) is 3.17.